The minimum Gasteiger partial charge on any atom is -0.399 e. The molecule has 22 heavy (non-hydrogen) atoms. The standard InChI is InChI=1S/C18H16BrN2O/c1-22-20-18(15-6-8-17(19)9-7-15)13-21-11-10-14-4-2-3-5-16(14)12-21/h2-12H,13H2,1H3/q+1/b20-18-. The maximum atomic E-state index is 5.01. The first-order chi connectivity index (χ1) is 10.8. The molecule has 2 aromatic carbocycles. The first-order valence-electron chi connectivity index (χ1n) is 7.00. The molecule has 0 bridgehead atoms. The zero-order valence-corrected chi connectivity index (χ0v) is 13.8. The van der Waals surface area contributed by atoms with E-state index in [4.69, 9.17) is 4.84 Å². The summed E-state index contributed by atoms with van der Waals surface area (Å²) < 4.78 is 3.16. The van der Waals surface area contributed by atoms with Crippen molar-refractivity contribution in [3.63, 3.8) is 0 Å². The molecule has 3 nitrogen and oxygen atoms in total. The Balaban J connectivity index is 1.92. The number of aromatic nitrogens is 1. The monoisotopic (exact) mass is 355 g/mol. The molecule has 1 aromatic heterocycles. The molecular weight excluding hydrogens is 340 g/mol. The van der Waals surface area contributed by atoms with Gasteiger partial charge in [0, 0.05) is 21.5 Å². The summed E-state index contributed by atoms with van der Waals surface area (Å²) in [4.78, 5) is 5.01. The highest BCUT2D eigenvalue weighted by Crippen LogP contribution is 2.13. The van der Waals surface area contributed by atoms with Crippen molar-refractivity contribution in [3.05, 3.63) is 77.0 Å². The number of hydrogen-bond acceptors (Lipinski definition) is 2. The number of pyridine rings is 1. The van der Waals surface area contributed by atoms with Crippen molar-refractivity contribution in [1.29, 1.82) is 0 Å². The topological polar surface area (TPSA) is 25.5 Å². The summed E-state index contributed by atoms with van der Waals surface area (Å²) in [5.74, 6) is 0. The predicted molar refractivity (Wildman–Crippen MR) is 91.8 cm³/mol. The fourth-order valence-electron chi connectivity index (χ4n) is 2.37. The molecule has 0 saturated heterocycles. The van der Waals surface area contributed by atoms with Crippen LogP contribution in [0.1, 0.15) is 5.56 Å². The number of fused-ring (bicyclic) bond motifs is 1. The average molecular weight is 356 g/mol. The van der Waals surface area contributed by atoms with Gasteiger partial charge in [-0.3, -0.25) is 0 Å². The molecule has 0 aliphatic carbocycles. The maximum absolute atomic E-state index is 5.01. The third kappa shape index (κ3) is 3.34. The van der Waals surface area contributed by atoms with Crippen LogP contribution in [0.4, 0.5) is 0 Å². The van der Waals surface area contributed by atoms with E-state index in [1.54, 1.807) is 7.11 Å². The lowest BCUT2D eigenvalue weighted by Crippen LogP contribution is -2.37. The Morgan fingerprint density at radius 2 is 1.77 bits per heavy atom. The van der Waals surface area contributed by atoms with Crippen LogP contribution in [0.25, 0.3) is 10.8 Å². The molecule has 0 aliphatic heterocycles. The summed E-state index contributed by atoms with van der Waals surface area (Å²) in [6.07, 6.45) is 4.19. The van der Waals surface area contributed by atoms with Crippen molar-refractivity contribution in [2.24, 2.45) is 5.16 Å². The zero-order chi connectivity index (χ0) is 15.4. The fourth-order valence-corrected chi connectivity index (χ4v) is 2.64. The Labute approximate surface area is 138 Å². The number of benzene rings is 2. The van der Waals surface area contributed by atoms with Gasteiger partial charge in [-0.25, -0.2) is 0 Å². The van der Waals surface area contributed by atoms with Gasteiger partial charge in [0.05, 0.1) is 0 Å². The van der Waals surface area contributed by atoms with Crippen molar-refractivity contribution in [3.8, 4) is 0 Å². The van der Waals surface area contributed by atoms with Crippen molar-refractivity contribution < 1.29 is 9.40 Å². The lowest BCUT2D eigenvalue weighted by molar-refractivity contribution is -0.680. The third-order valence-corrected chi connectivity index (χ3v) is 3.99. The van der Waals surface area contributed by atoms with Gasteiger partial charge in [0.1, 0.15) is 7.11 Å². The normalized spacial score (nSPS) is 11.6. The van der Waals surface area contributed by atoms with Gasteiger partial charge in [-0.1, -0.05) is 51.4 Å². The molecule has 0 radical (unpaired) electrons. The molecule has 0 amide bonds. The number of oxime groups is 1. The first-order valence-corrected chi connectivity index (χ1v) is 7.79. The van der Waals surface area contributed by atoms with Gasteiger partial charge >= 0.3 is 0 Å². The van der Waals surface area contributed by atoms with E-state index in [9.17, 15) is 0 Å². The summed E-state index contributed by atoms with van der Waals surface area (Å²) in [5, 5.41) is 6.62. The second-order valence-corrected chi connectivity index (χ2v) is 5.89. The second kappa shape index (κ2) is 6.71. The molecule has 0 N–H and O–H groups in total. The predicted octanol–water partition coefficient (Wildman–Crippen LogP) is 3.94. The molecule has 0 spiro atoms. The van der Waals surface area contributed by atoms with Crippen LogP contribution in [0.2, 0.25) is 0 Å². The largest absolute Gasteiger partial charge is 0.399 e. The van der Waals surface area contributed by atoms with E-state index >= 15 is 0 Å². The Morgan fingerprint density at radius 3 is 2.50 bits per heavy atom. The van der Waals surface area contributed by atoms with Gasteiger partial charge in [0.15, 0.2) is 24.7 Å². The molecule has 3 rings (SSSR count). The molecule has 110 valence electrons. The van der Waals surface area contributed by atoms with Crippen LogP contribution in [0.5, 0.6) is 0 Å². The Bertz CT molecular complexity index is 813. The highest BCUT2D eigenvalue weighted by molar-refractivity contribution is 9.10. The minimum absolute atomic E-state index is 0.653. The van der Waals surface area contributed by atoms with Gasteiger partial charge < -0.3 is 4.84 Å². The highest BCUT2D eigenvalue weighted by atomic mass is 79.9. The van der Waals surface area contributed by atoms with Crippen molar-refractivity contribution in [2.75, 3.05) is 7.11 Å². The van der Waals surface area contributed by atoms with Crippen molar-refractivity contribution >= 4 is 32.4 Å². The van der Waals surface area contributed by atoms with Gasteiger partial charge in [-0.05, 0) is 23.6 Å². The quantitative estimate of drug-likeness (QED) is 0.395. The second-order valence-electron chi connectivity index (χ2n) is 4.97. The molecule has 0 aliphatic rings. The SMILES string of the molecule is CO/N=C(/C[n+]1ccc2ccccc2c1)c1ccc(Br)cc1. The van der Waals surface area contributed by atoms with E-state index in [0.29, 0.717) is 6.54 Å². The number of hydrogen-bond donors (Lipinski definition) is 0. The van der Waals surface area contributed by atoms with Gasteiger partial charge in [0.25, 0.3) is 0 Å². The lowest BCUT2D eigenvalue weighted by atomic mass is 10.1. The van der Waals surface area contributed by atoms with E-state index in [-0.39, 0.29) is 0 Å². The molecule has 4 heteroatoms. The summed E-state index contributed by atoms with van der Waals surface area (Å²) in [5.41, 5.74) is 1.93. The van der Waals surface area contributed by atoms with Crippen LogP contribution < -0.4 is 4.57 Å². The lowest BCUT2D eigenvalue weighted by Gasteiger charge is -2.04. The van der Waals surface area contributed by atoms with Crippen molar-refractivity contribution in [2.45, 2.75) is 6.54 Å². The number of rotatable bonds is 4. The Hall–Kier alpha value is -2.20. The fraction of sp³-hybridized carbons (Fsp3) is 0.111. The van der Waals surface area contributed by atoms with Gasteiger partial charge in [-0.15, -0.1) is 0 Å². The van der Waals surface area contributed by atoms with Gasteiger partial charge in [0.2, 0.25) is 0 Å². The van der Waals surface area contributed by atoms with Crippen LogP contribution in [-0.4, -0.2) is 12.8 Å². The van der Waals surface area contributed by atoms with E-state index in [0.717, 1.165) is 15.7 Å². The van der Waals surface area contributed by atoms with E-state index < -0.39 is 0 Å². The first kappa shape index (κ1) is 14.7. The van der Waals surface area contributed by atoms with Crippen LogP contribution in [0, 0.1) is 0 Å². The summed E-state index contributed by atoms with van der Waals surface area (Å²) in [6.45, 7) is 0.653. The number of halogens is 1. The highest BCUT2D eigenvalue weighted by Gasteiger charge is 2.12. The van der Waals surface area contributed by atoms with Crippen molar-refractivity contribution in [1.82, 2.24) is 0 Å². The Morgan fingerprint density at radius 1 is 1.05 bits per heavy atom. The maximum Gasteiger partial charge on any atom is 0.194 e. The summed E-state index contributed by atoms with van der Waals surface area (Å²) in [7, 11) is 1.57. The smallest absolute Gasteiger partial charge is 0.194 e. The van der Waals surface area contributed by atoms with E-state index in [1.807, 2.05) is 36.4 Å². The summed E-state index contributed by atoms with van der Waals surface area (Å²) in [6, 6.07) is 18.5. The van der Waals surface area contributed by atoms with E-state index in [1.165, 1.54) is 10.8 Å². The van der Waals surface area contributed by atoms with Crippen LogP contribution in [-0.2, 0) is 11.4 Å². The zero-order valence-electron chi connectivity index (χ0n) is 12.2. The average Bonchev–Trinajstić information content (AvgIpc) is 2.55. The van der Waals surface area contributed by atoms with Crippen LogP contribution >= 0.6 is 15.9 Å². The van der Waals surface area contributed by atoms with E-state index in [2.05, 4.69) is 56.2 Å². The van der Waals surface area contributed by atoms with Crippen LogP contribution in [0.15, 0.2) is 76.6 Å². The number of nitrogens with zero attached hydrogens (tertiary/aromatic N) is 2. The molecule has 0 atom stereocenters. The molecule has 0 saturated carbocycles. The molecule has 3 aromatic rings. The Kier molecular flexibility index (Phi) is 4.49. The minimum atomic E-state index is 0.653. The summed E-state index contributed by atoms with van der Waals surface area (Å²) >= 11 is 3.45. The molecular formula is C18H16BrN2O+. The van der Waals surface area contributed by atoms with Gasteiger partial charge in [-0.2, -0.15) is 4.57 Å². The molecule has 1 heterocycles. The third-order valence-electron chi connectivity index (χ3n) is 3.46. The van der Waals surface area contributed by atoms with Crippen LogP contribution in [0.3, 0.4) is 0 Å². The molecule has 0 fully saturated rings. The molecule has 0 unspecified atom stereocenters.